The maximum Gasteiger partial charge on any atom is 0.408 e. The van der Waals surface area contributed by atoms with E-state index in [4.69, 9.17) is 4.74 Å². The lowest BCUT2D eigenvalue weighted by Crippen LogP contribution is -2.45. The summed E-state index contributed by atoms with van der Waals surface area (Å²) >= 11 is 0. The number of amides is 1. The van der Waals surface area contributed by atoms with Crippen LogP contribution in [0.2, 0.25) is 0 Å². The number of benzene rings is 1. The predicted molar refractivity (Wildman–Crippen MR) is 87.5 cm³/mol. The second kappa shape index (κ2) is 9.98. The maximum absolute atomic E-state index is 12.2. The van der Waals surface area contributed by atoms with E-state index < -0.39 is 12.1 Å². The van der Waals surface area contributed by atoms with E-state index in [1.54, 1.807) is 0 Å². The van der Waals surface area contributed by atoms with Crippen LogP contribution in [0.25, 0.3) is 0 Å². The molecule has 4 nitrogen and oxygen atoms in total. The van der Waals surface area contributed by atoms with E-state index in [-0.39, 0.29) is 18.3 Å². The largest absolute Gasteiger partial charge is 0.445 e. The minimum absolute atomic E-state index is 0.0906. The van der Waals surface area contributed by atoms with Crippen molar-refractivity contribution in [2.24, 2.45) is 5.92 Å². The summed E-state index contributed by atoms with van der Waals surface area (Å²) in [5, 5.41) is 2.74. The molecule has 0 aliphatic rings. The molecular formula is C18H27NO3. The lowest BCUT2D eigenvalue weighted by Gasteiger charge is -2.22. The van der Waals surface area contributed by atoms with E-state index in [1.165, 1.54) is 0 Å². The van der Waals surface area contributed by atoms with Crippen molar-refractivity contribution in [3.8, 4) is 0 Å². The van der Waals surface area contributed by atoms with Crippen LogP contribution in [0.4, 0.5) is 4.79 Å². The fraction of sp³-hybridized carbons (Fsp3) is 0.556. The van der Waals surface area contributed by atoms with Crippen LogP contribution in [0, 0.1) is 5.92 Å². The normalized spacial score (nSPS) is 13.2. The number of rotatable bonds is 9. The lowest BCUT2D eigenvalue weighted by atomic mass is 9.93. The summed E-state index contributed by atoms with van der Waals surface area (Å²) in [7, 11) is 0. The molecule has 0 radical (unpaired) electrons. The highest BCUT2D eigenvalue weighted by Gasteiger charge is 2.25. The number of hydrogen-bond acceptors (Lipinski definition) is 3. The number of nitrogens with one attached hydrogen (secondary N) is 1. The van der Waals surface area contributed by atoms with Gasteiger partial charge in [-0.2, -0.15) is 0 Å². The zero-order valence-electron chi connectivity index (χ0n) is 13.8. The van der Waals surface area contributed by atoms with E-state index >= 15 is 0 Å². The van der Waals surface area contributed by atoms with Crippen LogP contribution in [0.5, 0.6) is 0 Å². The van der Waals surface area contributed by atoms with Gasteiger partial charge in [-0.3, -0.25) is 4.79 Å². The molecule has 1 N–H and O–H groups in total. The Morgan fingerprint density at radius 2 is 1.86 bits per heavy atom. The van der Waals surface area contributed by atoms with Crippen molar-refractivity contribution in [3.63, 3.8) is 0 Å². The van der Waals surface area contributed by atoms with Gasteiger partial charge in [0.15, 0.2) is 5.78 Å². The van der Waals surface area contributed by atoms with Crippen LogP contribution in [-0.2, 0) is 16.1 Å². The second-order valence-electron chi connectivity index (χ2n) is 5.64. The number of carbonyl (C=O) groups excluding carboxylic acids is 2. The zero-order chi connectivity index (χ0) is 16.4. The molecule has 0 fully saturated rings. The van der Waals surface area contributed by atoms with Crippen LogP contribution in [0.3, 0.4) is 0 Å². The number of ketones is 1. The van der Waals surface area contributed by atoms with Gasteiger partial charge in [-0.1, -0.05) is 63.9 Å². The molecule has 0 spiro atoms. The Labute approximate surface area is 133 Å². The molecule has 2 atom stereocenters. The fourth-order valence-corrected chi connectivity index (χ4v) is 2.17. The predicted octanol–water partition coefficient (Wildman–Crippen LogP) is 4.09. The van der Waals surface area contributed by atoms with E-state index in [9.17, 15) is 9.59 Å². The van der Waals surface area contributed by atoms with Gasteiger partial charge in [-0.25, -0.2) is 4.79 Å². The molecule has 1 unspecified atom stereocenters. The molecule has 0 bridgehead atoms. The van der Waals surface area contributed by atoms with Gasteiger partial charge in [0, 0.05) is 6.42 Å². The molecule has 1 amide bonds. The molecule has 1 rings (SSSR count). The first-order valence-corrected chi connectivity index (χ1v) is 8.08. The first kappa shape index (κ1) is 18.2. The summed E-state index contributed by atoms with van der Waals surface area (Å²) in [4.78, 5) is 24.2. The number of Topliss-reactive ketones (excluding diaryl/α,β-unsaturated/α-hetero) is 1. The van der Waals surface area contributed by atoms with Crippen LogP contribution in [-0.4, -0.2) is 17.9 Å². The topological polar surface area (TPSA) is 55.4 Å². The Balaban J connectivity index is 2.53. The molecule has 4 heteroatoms. The first-order valence-electron chi connectivity index (χ1n) is 8.08. The van der Waals surface area contributed by atoms with Gasteiger partial charge in [-0.05, 0) is 17.9 Å². The van der Waals surface area contributed by atoms with Crippen molar-refractivity contribution in [1.82, 2.24) is 5.32 Å². The van der Waals surface area contributed by atoms with E-state index in [0.717, 1.165) is 24.8 Å². The molecule has 0 heterocycles. The number of hydrogen-bond donors (Lipinski definition) is 1. The minimum atomic E-state index is -0.529. The standard InChI is InChI=1S/C18H27NO3/c1-4-6-12-16(20)17(14(3)5-2)19-18(21)22-13-15-10-8-7-9-11-15/h7-11,14,17H,4-6,12-13H2,1-3H3,(H,19,21)/t14?,17-/m0/s1. The van der Waals surface area contributed by atoms with Crippen molar-refractivity contribution in [3.05, 3.63) is 35.9 Å². The van der Waals surface area contributed by atoms with Gasteiger partial charge in [0.1, 0.15) is 6.61 Å². The summed E-state index contributed by atoms with van der Waals surface area (Å²) in [5.41, 5.74) is 0.926. The SMILES string of the molecule is CCCCC(=O)[C@@H](NC(=O)OCc1ccccc1)C(C)CC. The maximum atomic E-state index is 12.2. The third kappa shape index (κ3) is 6.29. The molecule has 0 aliphatic heterocycles. The summed E-state index contributed by atoms with van der Waals surface area (Å²) in [5.74, 6) is 0.196. The van der Waals surface area contributed by atoms with Crippen molar-refractivity contribution >= 4 is 11.9 Å². The number of unbranched alkanes of at least 4 members (excludes halogenated alkanes) is 1. The third-order valence-electron chi connectivity index (χ3n) is 3.82. The van der Waals surface area contributed by atoms with Crippen molar-refractivity contribution in [1.29, 1.82) is 0 Å². The Morgan fingerprint density at radius 1 is 1.18 bits per heavy atom. The first-order chi connectivity index (χ1) is 10.6. The van der Waals surface area contributed by atoms with E-state index in [1.807, 2.05) is 51.1 Å². The van der Waals surface area contributed by atoms with Gasteiger partial charge in [0.2, 0.25) is 0 Å². The molecular weight excluding hydrogens is 278 g/mol. The molecule has 0 aliphatic carbocycles. The molecule has 0 saturated carbocycles. The number of ether oxygens (including phenoxy) is 1. The molecule has 0 saturated heterocycles. The summed E-state index contributed by atoms with van der Waals surface area (Å²) in [6.07, 6.45) is 2.63. The highest BCUT2D eigenvalue weighted by atomic mass is 16.5. The Bertz CT molecular complexity index is 459. The third-order valence-corrected chi connectivity index (χ3v) is 3.82. The summed E-state index contributed by atoms with van der Waals surface area (Å²) < 4.78 is 5.21. The molecule has 22 heavy (non-hydrogen) atoms. The quantitative estimate of drug-likeness (QED) is 0.747. The van der Waals surface area contributed by atoms with Crippen molar-refractivity contribution in [2.45, 2.75) is 59.1 Å². The van der Waals surface area contributed by atoms with Crippen LogP contribution in [0.1, 0.15) is 52.0 Å². The smallest absolute Gasteiger partial charge is 0.408 e. The Morgan fingerprint density at radius 3 is 2.45 bits per heavy atom. The van der Waals surface area contributed by atoms with Crippen LogP contribution < -0.4 is 5.32 Å². The van der Waals surface area contributed by atoms with Gasteiger partial charge in [0.05, 0.1) is 6.04 Å². The molecule has 1 aromatic carbocycles. The average Bonchev–Trinajstić information content (AvgIpc) is 2.55. The number of alkyl carbamates (subject to hydrolysis) is 1. The van der Waals surface area contributed by atoms with Gasteiger partial charge in [-0.15, -0.1) is 0 Å². The van der Waals surface area contributed by atoms with E-state index in [2.05, 4.69) is 5.32 Å². The molecule has 122 valence electrons. The number of carbonyl (C=O) groups is 2. The monoisotopic (exact) mass is 305 g/mol. The van der Waals surface area contributed by atoms with Gasteiger partial charge >= 0.3 is 6.09 Å². The summed E-state index contributed by atoms with van der Waals surface area (Å²) in [6, 6.07) is 9.03. The van der Waals surface area contributed by atoms with Gasteiger partial charge < -0.3 is 10.1 Å². The van der Waals surface area contributed by atoms with Crippen molar-refractivity contribution < 1.29 is 14.3 Å². The summed E-state index contributed by atoms with van der Waals surface area (Å²) in [6.45, 7) is 6.25. The highest BCUT2D eigenvalue weighted by molar-refractivity contribution is 5.87. The fourth-order valence-electron chi connectivity index (χ4n) is 2.17. The zero-order valence-corrected chi connectivity index (χ0v) is 13.8. The highest BCUT2D eigenvalue weighted by Crippen LogP contribution is 2.12. The Hall–Kier alpha value is -1.84. The average molecular weight is 305 g/mol. The van der Waals surface area contributed by atoms with Crippen molar-refractivity contribution in [2.75, 3.05) is 0 Å². The Kier molecular flexibility index (Phi) is 8.26. The van der Waals surface area contributed by atoms with Crippen LogP contribution >= 0.6 is 0 Å². The van der Waals surface area contributed by atoms with Crippen LogP contribution in [0.15, 0.2) is 30.3 Å². The lowest BCUT2D eigenvalue weighted by molar-refractivity contribution is -0.122. The minimum Gasteiger partial charge on any atom is -0.445 e. The van der Waals surface area contributed by atoms with E-state index in [0.29, 0.717) is 6.42 Å². The molecule has 1 aromatic rings. The van der Waals surface area contributed by atoms with Gasteiger partial charge in [0.25, 0.3) is 0 Å². The second-order valence-corrected chi connectivity index (χ2v) is 5.64. The molecule has 0 aromatic heterocycles.